The van der Waals surface area contributed by atoms with Crippen LogP contribution in [0.2, 0.25) is 5.15 Å². The normalized spacial score (nSPS) is 25.7. The zero-order valence-corrected chi connectivity index (χ0v) is 11.7. The zero-order valence-electron chi connectivity index (χ0n) is 11.0. The summed E-state index contributed by atoms with van der Waals surface area (Å²) in [6.07, 6.45) is 1.93. The molecule has 3 rings (SSSR count). The van der Waals surface area contributed by atoms with Gasteiger partial charge in [0.1, 0.15) is 17.0 Å². The number of carbonyl (C=O) groups is 1. The minimum Gasteiger partial charge on any atom is -0.384 e. The Balaban J connectivity index is 1.99. The summed E-state index contributed by atoms with van der Waals surface area (Å²) in [5.74, 6) is -3.97. The number of halogens is 3. The lowest BCUT2D eigenvalue weighted by atomic mass is 9.89. The monoisotopic (exact) mass is 314 g/mol. The maximum absolute atomic E-state index is 13.9. The van der Waals surface area contributed by atoms with E-state index in [9.17, 15) is 18.7 Å². The summed E-state index contributed by atoms with van der Waals surface area (Å²) in [6.45, 7) is -0.817. The van der Waals surface area contributed by atoms with E-state index in [0.29, 0.717) is 0 Å². The smallest absolute Gasteiger partial charge is 0.292 e. The first kappa shape index (κ1) is 14.4. The van der Waals surface area contributed by atoms with Crippen molar-refractivity contribution in [1.82, 2.24) is 9.88 Å². The van der Waals surface area contributed by atoms with Crippen LogP contribution in [0.1, 0.15) is 23.3 Å². The Hall–Kier alpha value is -1.53. The second kappa shape index (κ2) is 4.74. The molecule has 1 N–H and O–H groups in total. The van der Waals surface area contributed by atoms with Gasteiger partial charge in [0.05, 0.1) is 12.1 Å². The van der Waals surface area contributed by atoms with E-state index in [2.05, 4.69) is 4.98 Å². The molecule has 1 unspecified atom stereocenters. The minimum absolute atomic E-state index is 0.00123. The SMILES string of the molecule is O=C(c1cccc(Cl)n1)N1CC(F)(F)C(O)C12CC=CC2. The topological polar surface area (TPSA) is 53.4 Å². The molecular formula is C14H13ClF2N2O2. The maximum Gasteiger partial charge on any atom is 0.292 e. The van der Waals surface area contributed by atoms with Crippen LogP contribution in [0.4, 0.5) is 8.78 Å². The number of carbonyl (C=O) groups excluding carboxylic acids is 1. The zero-order chi connectivity index (χ0) is 15.3. The Bertz CT molecular complexity index is 613. The average Bonchev–Trinajstić information content (AvgIpc) is 2.99. The molecule has 1 aromatic rings. The molecular weight excluding hydrogens is 302 g/mol. The fourth-order valence-electron chi connectivity index (χ4n) is 3.04. The van der Waals surface area contributed by atoms with Crippen LogP contribution in [0.3, 0.4) is 0 Å². The van der Waals surface area contributed by atoms with Crippen LogP contribution < -0.4 is 0 Å². The number of aromatic nitrogens is 1. The van der Waals surface area contributed by atoms with Gasteiger partial charge in [-0.25, -0.2) is 13.8 Å². The number of likely N-dealkylation sites (tertiary alicyclic amines) is 1. The highest BCUT2D eigenvalue weighted by Crippen LogP contribution is 2.47. The third kappa shape index (κ3) is 2.13. The highest BCUT2D eigenvalue weighted by atomic mass is 35.5. The van der Waals surface area contributed by atoms with E-state index in [-0.39, 0.29) is 23.7 Å². The molecule has 7 heteroatoms. The number of rotatable bonds is 1. The number of hydrogen-bond acceptors (Lipinski definition) is 3. The Morgan fingerprint density at radius 1 is 1.38 bits per heavy atom. The third-order valence-electron chi connectivity index (χ3n) is 4.10. The number of aliphatic hydroxyl groups is 1. The van der Waals surface area contributed by atoms with Crippen LogP contribution >= 0.6 is 11.6 Å². The Morgan fingerprint density at radius 3 is 2.67 bits per heavy atom. The van der Waals surface area contributed by atoms with Crippen molar-refractivity contribution in [2.24, 2.45) is 0 Å². The minimum atomic E-state index is -3.33. The number of pyridine rings is 1. The highest BCUT2D eigenvalue weighted by molar-refractivity contribution is 6.29. The van der Waals surface area contributed by atoms with Crippen molar-refractivity contribution in [3.05, 3.63) is 41.2 Å². The molecule has 2 heterocycles. The molecule has 0 radical (unpaired) electrons. The van der Waals surface area contributed by atoms with Gasteiger partial charge >= 0.3 is 0 Å². The Morgan fingerprint density at radius 2 is 2.05 bits per heavy atom. The van der Waals surface area contributed by atoms with Gasteiger partial charge in [0, 0.05) is 0 Å². The molecule has 4 nitrogen and oxygen atoms in total. The van der Waals surface area contributed by atoms with Gasteiger partial charge in [-0.1, -0.05) is 29.8 Å². The molecule has 0 aromatic carbocycles. The first-order chi connectivity index (χ1) is 9.87. The molecule has 1 aliphatic heterocycles. The van der Waals surface area contributed by atoms with Gasteiger partial charge in [-0.3, -0.25) is 4.79 Å². The van der Waals surface area contributed by atoms with Crippen molar-refractivity contribution in [1.29, 1.82) is 0 Å². The van der Waals surface area contributed by atoms with E-state index in [1.807, 2.05) is 0 Å². The van der Waals surface area contributed by atoms with Gasteiger partial charge in [0.15, 0.2) is 0 Å². The number of amides is 1. The average molecular weight is 315 g/mol. The van der Waals surface area contributed by atoms with E-state index in [0.717, 1.165) is 4.90 Å². The number of hydrogen-bond donors (Lipinski definition) is 1. The van der Waals surface area contributed by atoms with E-state index in [4.69, 9.17) is 11.6 Å². The molecule has 1 amide bonds. The van der Waals surface area contributed by atoms with Gasteiger partial charge < -0.3 is 10.0 Å². The lowest BCUT2D eigenvalue weighted by Crippen LogP contribution is -2.52. The van der Waals surface area contributed by atoms with Crippen molar-refractivity contribution >= 4 is 17.5 Å². The van der Waals surface area contributed by atoms with Crippen molar-refractivity contribution in [3.63, 3.8) is 0 Å². The number of nitrogens with zero attached hydrogens (tertiary/aromatic N) is 2. The van der Waals surface area contributed by atoms with E-state index >= 15 is 0 Å². The van der Waals surface area contributed by atoms with Crippen LogP contribution in [0.5, 0.6) is 0 Å². The van der Waals surface area contributed by atoms with Gasteiger partial charge in [-0.15, -0.1) is 0 Å². The Labute approximate surface area is 125 Å². The molecule has 1 atom stereocenters. The summed E-state index contributed by atoms with van der Waals surface area (Å²) in [7, 11) is 0. The molecule has 0 bridgehead atoms. The summed E-state index contributed by atoms with van der Waals surface area (Å²) in [6, 6.07) is 4.46. The lowest BCUT2D eigenvalue weighted by molar-refractivity contribution is -0.0950. The van der Waals surface area contributed by atoms with Gasteiger partial charge in [-0.2, -0.15) is 0 Å². The molecule has 1 saturated heterocycles. The second-order valence-corrected chi connectivity index (χ2v) is 5.77. The van der Waals surface area contributed by atoms with Crippen molar-refractivity contribution in [3.8, 4) is 0 Å². The largest absolute Gasteiger partial charge is 0.384 e. The second-order valence-electron chi connectivity index (χ2n) is 5.38. The quantitative estimate of drug-likeness (QED) is 0.639. The molecule has 1 fully saturated rings. The molecule has 2 aliphatic rings. The fourth-order valence-corrected chi connectivity index (χ4v) is 3.20. The standard InChI is InChI=1S/C14H13ClF2N2O2/c15-10-5-3-4-9(18-10)11(20)19-8-14(16,17)12(21)13(19)6-1-2-7-13/h1-5,12,21H,6-8H2. The number of alkyl halides is 2. The summed E-state index contributed by atoms with van der Waals surface area (Å²) in [5, 5.41) is 10.1. The van der Waals surface area contributed by atoms with E-state index in [1.165, 1.54) is 18.2 Å². The predicted molar refractivity (Wildman–Crippen MR) is 72.3 cm³/mol. The fraction of sp³-hybridized carbons (Fsp3) is 0.429. The summed E-state index contributed by atoms with van der Waals surface area (Å²) < 4.78 is 27.8. The van der Waals surface area contributed by atoms with Crippen molar-refractivity contribution < 1.29 is 18.7 Å². The molecule has 112 valence electrons. The van der Waals surface area contributed by atoms with E-state index < -0.39 is 30.0 Å². The molecule has 1 aliphatic carbocycles. The first-order valence-corrected chi connectivity index (χ1v) is 6.90. The molecule has 0 saturated carbocycles. The molecule has 1 spiro atoms. The molecule has 21 heavy (non-hydrogen) atoms. The summed E-state index contributed by atoms with van der Waals surface area (Å²) in [4.78, 5) is 17.4. The Kier molecular flexibility index (Phi) is 3.26. The van der Waals surface area contributed by atoms with E-state index in [1.54, 1.807) is 12.2 Å². The van der Waals surface area contributed by atoms with Gasteiger partial charge in [0.25, 0.3) is 11.8 Å². The highest BCUT2D eigenvalue weighted by Gasteiger charge is 2.64. The van der Waals surface area contributed by atoms with Crippen LogP contribution in [0, 0.1) is 0 Å². The molecule has 1 aromatic heterocycles. The maximum atomic E-state index is 13.9. The predicted octanol–water partition coefficient (Wildman–Crippen LogP) is 2.28. The summed E-state index contributed by atoms with van der Waals surface area (Å²) in [5.41, 5.74) is -1.29. The van der Waals surface area contributed by atoms with Crippen LogP contribution in [0.15, 0.2) is 30.4 Å². The third-order valence-corrected chi connectivity index (χ3v) is 4.31. The number of aliphatic hydroxyl groups excluding tert-OH is 1. The van der Waals surface area contributed by atoms with Crippen molar-refractivity contribution in [2.45, 2.75) is 30.4 Å². The van der Waals surface area contributed by atoms with Gasteiger partial charge in [0.2, 0.25) is 0 Å². The van der Waals surface area contributed by atoms with Crippen LogP contribution in [0.25, 0.3) is 0 Å². The van der Waals surface area contributed by atoms with Gasteiger partial charge in [-0.05, 0) is 25.0 Å². The first-order valence-electron chi connectivity index (χ1n) is 6.52. The van der Waals surface area contributed by atoms with Crippen molar-refractivity contribution in [2.75, 3.05) is 6.54 Å². The lowest BCUT2D eigenvalue weighted by Gasteiger charge is -2.36. The summed E-state index contributed by atoms with van der Waals surface area (Å²) >= 11 is 5.74. The van der Waals surface area contributed by atoms with Crippen LogP contribution in [-0.2, 0) is 0 Å². The van der Waals surface area contributed by atoms with Crippen LogP contribution in [-0.4, -0.2) is 45.0 Å².